The molecule has 0 radical (unpaired) electrons. The first-order valence-corrected chi connectivity index (χ1v) is 4.72. The van der Waals surface area contributed by atoms with E-state index in [1.165, 1.54) is 30.7 Å². The molecule has 0 atom stereocenters. The second kappa shape index (κ2) is 5.55. The molecule has 6 nitrogen and oxygen atoms in total. The highest BCUT2D eigenvalue weighted by atomic mass is 16.5. The number of aliphatic hydroxyl groups excluding tert-OH is 3. The van der Waals surface area contributed by atoms with E-state index >= 15 is 0 Å². The molecule has 0 saturated heterocycles. The van der Waals surface area contributed by atoms with Crippen LogP contribution >= 0.6 is 0 Å². The summed E-state index contributed by atoms with van der Waals surface area (Å²) < 4.78 is 0.634. The Morgan fingerprint density at radius 1 is 1.19 bits per heavy atom. The van der Waals surface area contributed by atoms with Gasteiger partial charge in [0.2, 0.25) is 0 Å². The topological polar surface area (TPSA) is 100.0 Å². The second-order valence-corrected chi connectivity index (χ2v) is 3.45. The lowest BCUT2D eigenvalue weighted by molar-refractivity contribution is -0.605. The third-order valence-corrected chi connectivity index (χ3v) is 2.20. The molecule has 0 spiro atoms. The molecule has 1 aromatic heterocycles. The minimum atomic E-state index is -1.27. The highest BCUT2D eigenvalue weighted by Gasteiger charge is 2.26. The van der Waals surface area contributed by atoms with Crippen molar-refractivity contribution in [1.82, 2.24) is 0 Å². The van der Waals surface area contributed by atoms with Gasteiger partial charge < -0.3 is 20.5 Å². The highest BCUT2D eigenvalue weighted by Crippen LogP contribution is 2.08. The summed E-state index contributed by atoms with van der Waals surface area (Å²) in [7, 11) is 0. The summed E-state index contributed by atoms with van der Waals surface area (Å²) in [5, 5.41) is 37.8. The average molecular weight is 226 g/mol. The molecule has 0 fully saturated rings. The predicted octanol–water partition coefficient (Wildman–Crippen LogP) is -1.55. The lowest BCUT2D eigenvalue weighted by atomic mass is 10.1. The Morgan fingerprint density at radius 2 is 1.69 bits per heavy atom. The van der Waals surface area contributed by atoms with E-state index in [1.807, 2.05) is 0 Å². The van der Waals surface area contributed by atoms with Gasteiger partial charge in [0.1, 0.15) is 5.54 Å². The molecule has 0 aromatic carbocycles. The molecule has 6 heteroatoms. The molecule has 3 N–H and O–H groups in total. The monoisotopic (exact) mass is 226 g/mol. The molecule has 0 aliphatic heterocycles. The quantitative estimate of drug-likeness (QED) is 0.321. The van der Waals surface area contributed by atoms with Gasteiger partial charge in [-0.05, 0) is 0 Å². The molecular weight excluding hydrogens is 212 g/mol. The first kappa shape index (κ1) is 12.6. The van der Waals surface area contributed by atoms with Crippen molar-refractivity contribution in [2.45, 2.75) is 5.54 Å². The fourth-order valence-electron chi connectivity index (χ4n) is 0.994. The van der Waals surface area contributed by atoms with Crippen LogP contribution in [-0.4, -0.2) is 46.9 Å². The van der Waals surface area contributed by atoms with Crippen LogP contribution in [0.3, 0.4) is 0 Å². The molecule has 0 aliphatic rings. The van der Waals surface area contributed by atoms with Crippen LogP contribution in [0.4, 0.5) is 0 Å². The standard InChI is InChI=1S/C10H14N2O4/c13-6-10(7-14,8-15)11-5-9-1-3-12(16)4-2-9/h1-5,13-15H,6-8H2. The minimum absolute atomic E-state index is 0.453. The van der Waals surface area contributed by atoms with Crippen molar-refractivity contribution >= 4 is 6.21 Å². The van der Waals surface area contributed by atoms with E-state index in [4.69, 9.17) is 15.3 Å². The van der Waals surface area contributed by atoms with Crippen LogP contribution < -0.4 is 4.73 Å². The van der Waals surface area contributed by atoms with Gasteiger partial charge in [-0.1, -0.05) is 0 Å². The van der Waals surface area contributed by atoms with Gasteiger partial charge in [0.05, 0.1) is 19.8 Å². The average Bonchev–Trinajstić information content (AvgIpc) is 2.34. The van der Waals surface area contributed by atoms with Crippen molar-refractivity contribution < 1.29 is 20.0 Å². The zero-order valence-electron chi connectivity index (χ0n) is 8.65. The number of hydrogen-bond acceptors (Lipinski definition) is 5. The van der Waals surface area contributed by atoms with E-state index in [0.717, 1.165) is 0 Å². The van der Waals surface area contributed by atoms with E-state index in [9.17, 15) is 5.21 Å². The van der Waals surface area contributed by atoms with Crippen LogP contribution in [0, 0.1) is 5.21 Å². The summed E-state index contributed by atoms with van der Waals surface area (Å²) in [5.41, 5.74) is -0.629. The molecule has 0 bridgehead atoms. The number of hydrogen-bond donors (Lipinski definition) is 3. The summed E-state index contributed by atoms with van der Waals surface area (Å²) >= 11 is 0. The predicted molar refractivity (Wildman–Crippen MR) is 57.0 cm³/mol. The lowest BCUT2D eigenvalue weighted by Gasteiger charge is -2.21. The largest absolute Gasteiger partial charge is 0.619 e. The number of rotatable bonds is 5. The van der Waals surface area contributed by atoms with Crippen LogP contribution in [0.15, 0.2) is 29.5 Å². The summed E-state index contributed by atoms with van der Waals surface area (Å²) in [6, 6.07) is 3.07. The Labute approximate surface area is 92.7 Å². The maximum Gasteiger partial charge on any atom is 0.181 e. The Kier molecular flexibility index (Phi) is 4.36. The first-order chi connectivity index (χ1) is 7.65. The molecule has 1 aromatic rings. The molecular formula is C10H14N2O4. The normalized spacial score (nSPS) is 12.2. The molecule has 1 heterocycles. The van der Waals surface area contributed by atoms with Crippen molar-refractivity contribution in [2.75, 3.05) is 19.8 Å². The van der Waals surface area contributed by atoms with Crippen LogP contribution in [0.25, 0.3) is 0 Å². The van der Waals surface area contributed by atoms with Crippen LogP contribution in [0.1, 0.15) is 5.56 Å². The van der Waals surface area contributed by atoms with Gasteiger partial charge >= 0.3 is 0 Å². The number of nitrogens with zero attached hydrogens (tertiary/aromatic N) is 2. The maximum atomic E-state index is 10.7. The van der Waals surface area contributed by atoms with Gasteiger partial charge in [-0.2, -0.15) is 4.73 Å². The Balaban J connectivity index is 2.82. The SMILES string of the molecule is [O-][n+]1ccc(C=NC(CO)(CO)CO)cc1. The molecule has 88 valence electrons. The first-order valence-electron chi connectivity index (χ1n) is 4.72. The van der Waals surface area contributed by atoms with Crippen LogP contribution in [0.2, 0.25) is 0 Å². The maximum absolute atomic E-state index is 10.7. The van der Waals surface area contributed by atoms with Crippen molar-refractivity contribution in [3.8, 4) is 0 Å². The van der Waals surface area contributed by atoms with E-state index in [0.29, 0.717) is 10.3 Å². The Hall–Kier alpha value is -1.50. The summed E-state index contributed by atoms with van der Waals surface area (Å²) in [6.45, 7) is -1.36. The van der Waals surface area contributed by atoms with E-state index in [-0.39, 0.29) is 0 Å². The van der Waals surface area contributed by atoms with Crippen molar-refractivity contribution in [3.05, 3.63) is 35.3 Å². The third-order valence-electron chi connectivity index (χ3n) is 2.20. The highest BCUT2D eigenvalue weighted by molar-refractivity contribution is 5.79. The van der Waals surface area contributed by atoms with E-state index < -0.39 is 25.4 Å². The van der Waals surface area contributed by atoms with Gasteiger partial charge in [-0.15, -0.1) is 0 Å². The molecule has 16 heavy (non-hydrogen) atoms. The van der Waals surface area contributed by atoms with Gasteiger partial charge in [0.15, 0.2) is 12.4 Å². The molecule has 0 saturated carbocycles. The molecule has 0 amide bonds. The second-order valence-electron chi connectivity index (χ2n) is 3.45. The van der Waals surface area contributed by atoms with Crippen molar-refractivity contribution in [3.63, 3.8) is 0 Å². The number of pyridine rings is 1. The molecule has 0 aliphatic carbocycles. The summed E-state index contributed by atoms with van der Waals surface area (Å²) in [5.74, 6) is 0. The van der Waals surface area contributed by atoms with Gasteiger partial charge in [-0.3, -0.25) is 4.99 Å². The van der Waals surface area contributed by atoms with Gasteiger partial charge in [0, 0.05) is 23.9 Å². The Morgan fingerprint density at radius 3 is 2.12 bits per heavy atom. The summed E-state index contributed by atoms with van der Waals surface area (Å²) in [4.78, 5) is 3.92. The van der Waals surface area contributed by atoms with E-state index in [1.54, 1.807) is 0 Å². The molecule has 1 rings (SSSR count). The number of aromatic nitrogens is 1. The lowest BCUT2D eigenvalue weighted by Crippen LogP contribution is -2.39. The third kappa shape index (κ3) is 2.99. The van der Waals surface area contributed by atoms with E-state index in [2.05, 4.69) is 4.99 Å². The number of aliphatic hydroxyl groups is 3. The molecule has 0 unspecified atom stereocenters. The van der Waals surface area contributed by atoms with Gasteiger partial charge in [-0.25, -0.2) is 0 Å². The smallest absolute Gasteiger partial charge is 0.181 e. The fourth-order valence-corrected chi connectivity index (χ4v) is 0.994. The van der Waals surface area contributed by atoms with Crippen LogP contribution in [0.5, 0.6) is 0 Å². The van der Waals surface area contributed by atoms with Crippen molar-refractivity contribution in [1.29, 1.82) is 0 Å². The Bertz CT molecular complexity index is 338. The summed E-state index contributed by atoms with van der Waals surface area (Å²) in [6.07, 6.45) is 4.00. The van der Waals surface area contributed by atoms with Crippen LogP contribution in [-0.2, 0) is 0 Å². The zero-order valence-corrected chi connectivity index (χ0v) is 8.65. The number of aliphatic imine (C=N–C) groups is 1. The minimum Gasteiger partial charge on any atom is -0.619 e. The van der Waals surface area contributed by atoms with Gasteiger partial charge in [0.25, 0.3) is 0 Å². The van der Waals surface area contributed by atoms with Crippen molar-refractivity contribution in [2.24, 2.45) is 4.99 Å². The fraction of sp³-hybridized carbons (Fsp3) is 0.400. The zero-order chi connectivity index (χ0) is 12.0.